The van der Waals surface area contributed by atoms with Gasteiger partial charge >= 0.3 is 0 Å². The fourth-order valence-electron chi connectivity index (χ4n) is 3.70. The number of carbonyl (C=O) groups excluding carboxylic acids is 1. The average molecular weight is 429 g/mol. The smallest absolute Gasteiger partial charge is 0.230 e. The Balaban J connectivity index is 1.50. The van der Waals surface area contributed by atoms with Gasteiger partial charge in [0.1, 0.15) is 0 Å². The number of hydrogen-bond donors (Lipinski definition) is 0. The minimum Gasteiger partial charge on any atom is -0.274 e. The van der Waals surface area contributed by atoms with Crippen molar-refractivity contribution in [2.45, 2.75) is 62.9 Å². The van der Waals surface area contributed by atoms with E-state index >= 15 is 0 Å². The number of amides is 1. The molecule has 1 fully saturated rings. The maximum Gasteiger partial charge on any atom is 0.230 e. The van der Waals surface area contributed by atoms with Crippen LogP contribution >= 0.6 is 23.1 Å². The molecule has 2 heterocycles. The highest BCUT2D eigenvalue weighted by Gasteiger charge is 2.23. The lowest BCUT2D eigenvalue weighted by atomic mass is 10.1. The summed E-state index contributed by atoms with van der Waals surface area (Å²) in [6, 6.07) is 8.40. The summed E-state index contributed by atoms with van der Waals surface area (Å²) in [6.07, 6.45) is 5.62. The topological polar surface area (TPSA) is 76.8 Å². The first-order valence-electron chi connectivity index (χ1n) is 9.91. The van der Waals surface area contributed by atoms with Gasteiger partial charge in [-0.15, -0.1) is 16.4 Å². The molecule has 1 aromatic carbocycles. The summed E-state index contributed by atoms with van der Waals surface area (Å²) in [5.41, 5.74) is 2.96. The van der Waals surface area contributed by atoms with E-state index in [1.165, 1.54) is 24.2 Å². The monoisotopic (exact) mass is 428 g/mol. The second kappa shape index (κ2) is 9.04. The Bertz CT molecular complexity index is 979. The van der Waals surface area contributed by atoms with E-state index in [1.54, 1.807) is 23.6 Å². The van der Waals surface area contributed by atoms with Crippen LogP contribution in [-0.4, -0.2) is 31.1 Å². The first-order chi connectivity index (χ1) is 14.2. The largest absolute Gasteiger partial charge is 0.274 e. The van der Waals surface area contributed by atoms with Gasteiger partial charge in [-0.2, -0.15) is 0 Å². The molecule has 4 rings (SSSR count). The van der Waals surface area contributed by atoms with Gasteiger partial charge < -0.3 is 0 Å². The second-order valence-corrected chi connectivity index (χ2v) is 8.87. The number of thiazole rings is 1. The van der Waals surface area contributed by atoms with E-state index in [-0.39, 0.29) is 5.91 Å². The third-order valence-corrected chi connectivity index (χ3v) is 6.98. The summed E-state index contributed by atoms with van der Waals surface area (Å²) in [7, 11) is 0. The molecule has 0 aliphatic heterocycles. The number of thioether (sulfide) groups is 1. The molecular formula is C20H24N6OS2. The van der Waals surface area contributed by atoms with Crippen LogP contribution in [0.3, 0.4) is 0 Å². The second-order valence-electron chi connectivity index (χ2n) is 7.09. The first kappa shape index (κ1) is 20.0. The molecule has 9 heteroatoms. The lowest BCUT2D eigenvalue weighted by Gasteiger charge is -2.20. The summed E-state index contributed by atoms with van der Waals surface area (Å²) >= 11 is 3.09. The molecule has 0 atom stereocenters. The summed E-state index contributed by atoms with van der Waals surface area (Å²) in [4.78, 5) is 18.9. The van der Waals surface area contributed by atoms with Gasteiger partial charge in [0.2, 0.25) is 11.1 Å². The Morgan fingerprint density at radius 3 is 2.86 bits per heavy atom. The molecule has 7 nitrogen and oxygen atoms in total. The van der Waals surface area contributed by atoms with E-state index in [4.69, 9.17) is 4.98 Å². The van der Waals surface area contributed by atoms with Crippen molar-refractivity contribution in [2.75, 3.05) is 4.90 Å². The number of aryl methyl sites for hydroxylation is 1. The number of carbonyl (C=O) groups is 1. The van der Waals surface area contributed by atoms with E-state index in [2.05, 4.69) is 28.5 Å². The van der Waals surface area contributed by atoms with Gasteiger partial charge in [0.05, 0.1) is 17.4 Å². The lowest BCUT2D eigenvalue weighted by Crippen LogP contribution is -2.23. The normalized spacial score (nSPS) is 14.4. The van der Waals surface area contributed by atoms with Crippen molar-refractivity contribution in [3.05, 3.63) is 40.9 Å². The fourth-order valence-corrected chi connectivity index (χ4v) is 5.52. The Kier molecular flexibility index (Phi) is 6.25. The number of anilines is 2. The van der Waals surface area contributed by atoms with E-state index in [9.17, 15) is 4.79 Å². The van der Waals surface area contributed by atoms with Crippen LogP contribution in [0.25, 0.3) is 0 Å². The molecule has 29 heavy (non-hydrogen) atoms. The zero-order valence-electron chi connectivity index (χ0n) is 16.6. The third kappa shape index (κ3) is 4.35. The van der Waals surface area contributed by atoms with Crippen molar-refractivity contribution < 1.29 is 4.79 Å². The molecule has 1 amide bonds. The van der Waals surface area contributed by atoms with Crippen molar-refractivity contribution in [1.82, 2.24) is 25.2 Å². The predicted molar refractivity (Wildman–Crippen MR) is 116 cm³/mol. The van der Waals surface area contributed by atoms with Gasteiger partial charge in [0.15, 0.2) is 5.13 Å². The molecule has 1 aliphatic carbocycles. The van der Waals surface area contributed by atoms with Crippen molar-refractivity contribution in [2.24, 2.45) is 0 Å². The standard InChI is InChI=1S/C20H24N6OS2/c1-3-15-8-4-7-11-18(15)25(14(2)27)19-21-16(12-28-19)13-29-20-22-23-24-26(20)17-9-5-6-10-17/h4,7-8,11-12,17H,3,5-6,9-10,13H2,1-2H3. The van der Waals surface area contributed by atoms with Crippen LogP contribution < -0.4 is 4.90 Å². The Labute approximate surface area is 178 Å². The van der Waals surface area contributed by atoms with Crippen molar-refractivity contribution in [3.63, 3.8) is 0 Å². The minimum atomic E-state index is -0.0374. The molecule has 0 unspecified atom stereocenters. The summed E-state index contributed by atoms with van der Waals surface area (Å²) in [5, 5.41) is 15.8. The number of para-hydroxylation sites is 1. The highest BCUT2D eigenvalue weighted by Crippen LogP contribution is 2.34. The summed E-state index contributed by atoms with van der Waals surface area (Å²) in [5.74, 6) is 0.634. The lowest BCUT2D eigenvalue weighted by molar-refractivity contribution is -0.115. The van der Waals surface area contributed by atoms with Gasteiger partial charge in [0.25, 0.3) is 0 Å². The van der Waals surface area contributed by atoms with Gasteiger partial charge in [-0.25, -0.2) is 9.67 Å². The molecule has 3 aromatic rings. The molecular weight excluding hydrogens is 404 g/mol. The first-order valence-corrected chi connectivity index (χ1v) is 11.8. The van der Waals surface area contributed by atoms with Crippen molar-refractivity contribution in [1.29, 1.82) is 0 Å². The van der Waals surface area contributed by atoms with Crippen molar-refractivity contribution in [3.8, 4) is 0 Å². The molecule has 2 aromatic heterocycles. The average Bonchev–Trinajstić information content (AvgIpc) is 3.48. The molecule has 0 radical (unpaired) electrons. The van der Waals surface area contributed by atoms with Crippen LogP contribution in [-0.2, 0) is 17.0 Å². The SMILES string of the molecule is CCc1ccccc1N(C(C)=O)c1nc(CSc2nnnn2C2CCCC2)cs1. The van der Waals surface area contributed by atoms with Gasteiger partial charge in [-0.1, -0.05) is 49.7 Å². The molecule has 0 saturated heterocycles. The number of tetrazole rings is 1. The molecule has 1 aliphatic rings. The molecule has 0 spiro atoms. The highest BCUT2D eigenvalue weighted by molar-refractivity contribution is 7.98. The minimum absolute atomic E-state index is 0.0374. The highest BCUT2D eigenvalue weighted by atomic mass is 32.2. The van der Waals surface area contributed by atoms with Crippen LogP contribution in [0.15, 0.2) is 34.8 Å². The van der Waals surface area contributed by atoms with Gasteiger partial charge in [-0.05, 0) is 41.3 Å². The van der Waals surface area contributed by atoms with Crippen LogP contribution in [0, 0.1) is 0 Å². The number of benzene rings is 1. The summed E-state index contributed by atoms with van der Waals surface area (Å²) in [6.45, 7) is 3.67. The fraction of sp³-hybridized carbons (Fsp3) is 0.450. The van der Waals surface area contributed by atoms with Gasteiger partial charge in [0, 0.05) is 18.1 Å². The molecule has 152 valence electrons. The molecule has 0 N–H and O–H groups in total. The Hall–Kier alpha value is -2.26. The Morgan fingerprint density at radius 2 is 2.10 bits per heavy atom. The van der Waals surface area contributed by atoms with Crippen LogP contribution in [0.4, 0.5) is 10.8 Å². The van der Waals surface area contributed by atoms with Crippen molar-refractivity contribution >= 4 is 39.8 Å². The summed E-state index contributed by atoms with van der Waals surface area (Å²) < 4.78 is 1.96. The maximum absolute atomic E-state index is 12.4. The number of hydrogen-bond acceptors (Lipinski definition) is 7. The predicted octanol–water partition coefficient (Wildman–Crippen LogP) is 4.78. The zero-order chi connectivity index (χ0) is 20.2. The maximum atomic E-state index is 12.4. The van der Waals surface area contributed by atoms with E-state index < -0.39 is 0 Å². The zero-order valence-corrected chi connectivity index (χ0v) is 18.2. The van der Waals surface area contributed by atoms with E-state index in [0.717, 1.165) is 41.4 Å². The van der Waals surface area contributed by atoms with Crippen LogP contribution in [0.5, 0.6) is 0 Å². The quantitative estimate of drug-likeness (QED) is 0.504. The number of nitrogens with zero attached hydrogens (tertiary/aromatic N) is 6. The number of aromatic nitrogens is 5. The number of rotatable bonds is 7. The molecule has 1 saturated carbocycles. The van der Waals surface area contributed by atoms with Crippen LogP contribution in [0.1, 0.15) is 56.8 Å². The molecule has 0 bridgehead atoms. The van der Waals surface area contributed by atoms with E-state index in [0.29, 0.717) is 16.9 Å². The van der Waals surface area contributed by atoms with Gasteiger partial charge in [-0.3, -0.25) is 9.69 Å². The van der Waals surface area contributed by atoms with E-state index in [1.807, 2.05) is 28.3 Å². The Morgan fingerprint density at radius 1 is 1.31 bits per heavy atom. The van der Waals surface area contributed by atoms with Crippen LogP contribution in [0.2, 0.25) is 0 Å². The third-order valence-electron chi connectivity index (χ3n) is 5.14.